The second-order valence-corrected chi connectivity index (χ2v) is 5.64. The Hall–Kier alpha value is -3.67. The molecule has 0 saturated carbocycles. The van der Waals surface area contributed by atoms with Crippen molar-refractivity contribution in [2.75, 3.05) is 0 Å². The highest BCUT2D eigenvalue weighted by Gasteiger charge is 2.13. The van der Waals surface area contributed by atoms with Crippen molar-refractivity contribution in [3.05, 3.63) is 92.6 Å². The van der Waals surface area contributed by atoms with Crippen LogP contribution in [0.3, 0.4) is 0 Å². The van der Waals surface area contributed by atoms with E-state index in [0.29, 0.717) is 5.69 Å². The van der Waals surface area contributed by atoms with Crippen LogP contribution in [0, 0.1) is 6.92 Å². The first-order chi connectivity index (χ1) is 12.6. The molecule has 0 bridgehead atoms. The monoisotopic (exact) mass is 347 g/mol. The number of aromatic amines is 1. The van der Waals surface area contributed by atoms with Crippen LogP contribution in [0.4, 0.5) is 5.69 Å². The van der Waals surface area contributed by atoms with E-state index in [9.17, 15) is 14.7 Å². The van der Waals surface area contributed by atoms with Crippen LogP contribution in [-0.2, 0) is 0 Å². The van der Waals surface area contributed by atoms with Crippen LogP contribution in [0.5, 0.6) is 5.88 Å². The molecular weight excluding hydrogens is 330 g/mol. The maximum Gasteiger partial charge on any atom is 0.335 e. The molecule has 2 aromatic carbocycles. The summed E-state index contributed by atoms with van der Waals surface area (Å²) < 4.78 is 1.06. The van der Waals surface area contributed by atoms with Gasteiger partial charge in [0, 0.05) is 6.21 Å². The van der Waals surface area contributed by atoms with E-state index >= 15 is 0 Å². The molecule has 1 heterocycles. The maximum atomic E-state index is 12.1. The number of benzene rings is 2. The zero-order valence-electron chi connectivity index (χ0n) is 14.1. The summed E-state index contributed by atoms with van der Waals surface area (Å²) in [7, 11) is 0. The number of nitrogens with one attached hydrogen (secondary N) is 1. The highest BCUT2D eigenvalue weighted by atomic mass is 16.3. The Morgan fingerprint density at radius 1 is 1.08 bits per heavy atom. The number of hydrogen-bond donors (Lipinski definition) is 2. The normalized spacial score (nSPS) is 11.4. The lowest BCUT2D eigenvalue weighted by Gasteiger charge is -2.10. The number of allylic oxidation sites excluding steroid dienone is 1. The topological polar surface area (TPSA) is 87.4 Å². The third-order valence-electron chi connectivity index (χ3n) is 3.71. The first kappa shape index (κ1) is 17.2. The third-order valence-corrected chi connectivity index (χ3v) is 3.71. The number of aromatic hydroxyl groups is 1. The Balaban J connectivity index is 1.99. The van der Waals surface area contributed by atoms with Crippen molar-refractivity contribution in [1.29, 1.82) is 0 Å². The summed E-state index contributed by atoms with van der Waals surface area (Å²) in [4.78, 5) is 30.6. The van der Waals surface area contributed by atoms with E-state index in [1.54, 1.807) is 18.2 Å². The summed E-state index contributed by atoms with van der Waals surface area (Å²) >= 11 is 0. The summed E-state index contributed by atoms with van der Waals surface area (Å²) in [5.41, 5.74) is 0.767. The standard InChI is InChI=1S/C20H17N3O3/c1-14-7-5-10-16(13-14)23-19(25)17(18(24)22-20(23)26)11-6-12-21-15-8-3-2-4-9-15/h2-13,25H,1H3,(H,22,24,26)/b11-6+,21-12?. The largest absolute Gasteiger partial charge is 0.494 e. The molecule has 1 aromatic heterocycles. The SMILES string of the molecule is Cc1cccc(-n2c(O)c(/C=C/C=Nc3ccccc3)c(=O)[nH]c2=O)c1. The lowest BCUT2D eigenvalue weighted by molar-refractivity contribution is 0.429. The van der Waals surface area contributed by atoms with Crippen LogP contribution in [0.1, 0.15) is 11.1 Å². The number of H-pyrrole nitrogens is 1. The molecule has 0 atom stereocenters. The van der Waals surface area contributed by atoms with Gasteiger partial charge in [0.05, 0.1) is 11.4 Å². The number of hydrogen-bond acceptors (Lipinski definition) is 4. The van der Waals surface area contributed by atoms with Gasteiger partial charge in [0.2, 0.25) is 5.88 Å². The predicted octanol–water partition coefficient (Wildman–Crippen LogP) is 2.96. The van der Waals surface area contributed by atoms with Gasteiger partial charge in [-0.3, -0.25) is 14.8 Å². The number of aryl methyl sites for hydroxylation is 1. The second kappa shape index (κ2) is 7.48. The molecule has 0 aliphatic rings. The molecule has 26 heavy (non-hydrogen) atoms. The molecule has 0 aliphatic carbocycles. The fourth-order valence-corrected chi connectivity index (χ4v) is 2.48. The van der Waals surface area contributed by atoms with E-state index in [0.717, 1.165) is 15.8 Å². The summed E-state index contributed by atoms with van der Waals surface area (Å²) in [5, 5.41) is 10.5. The van der Waals surface area contributed by atoms with Crippen LogP contribution < -0.4 is 11.2 Å². The van der Waals surface area contributed by atoms with E-state index in [2.05, 4.69) is 9.98 Å². The lowest BCUT2D eigenvalue weighted by atomic mass is 10.2. The lowest BCUT2D eigenvalue weighted by Crippen LogP contribution is -2.30. The molecule has 0 spiro atoms. The Kier molecular flexibility index (Phi) is 4.94. The molecular formula is C20H17N3O3. The summed E-state index contributed by atoms with van der Waals surface area (Å²) in [6, 6.07) is 16.4. The molecule has 0 fully saturated rings. The van der Waals surface area contributed by atoms with E-state index in [1.165, 1.54) is 18.4 Å². The first-order valence-corrected chi connectivity index (χ1v) is 7.97. The Morgan fingerprint density at radius 3 is 2.58 bits per heavy atom. The molecule has 3 rings (SSSR count). The summed E-state index contributed by atoms with van der Waals surface area (Å²) in [5.74, 6) is -0.422. The minimum absolute atomic E-state index is 0.0226. The van der Waals surface area contributed by atoms with Gasteiger partial charge in [-0.2, -0.15) is 0 Å². The maximum absolute atomic E-state index is 12.1. The molecule has 0 amide bonds. The van der Waals surface area contributed by atoms with Crippen LogP contribution >= 0.6 is 0 Å². The van der Waals surface area contributed by atoms with E-state index < -0.39 is 17.1 Å². The quantitative estimate of drug-likeness (QED) is 0.711. The van der Waals surface area contributed by atoms with Gasteiger partial charge in [0.15, 0.2) is 0 Å². The van der Waals surface area contributed by atoms with Gasteiger partial charge in [-0.25, -0.2) is 9.36 Å². The Morgan fingerprint density at radius 2 is 1.85 bits per heavy atom. The van der Waals surface area contributed by atoms with Gasteiger partial charge in [-0.15, -0.1) is 0 Å². The molecule has 6 heteroatoms. The average Bonchev–Trinajstić information content (AvgIpc) is 2.61. The van der Waals surface area contributed by atoms with Gasteiger partial charge in [0.25, 0.3) is 5.56 Å². The smallest absolute Gasteiger partial charge is 0.335 e. The van der Waals surface area contributed by atoms with Gasteiger partial charge in [-0.05, 0) is 48.9 Å². The van der Waals surface area contributed by atoms with Crippen molar-refractivity contribution < 1.29 is 5.11 Å². The van der Waals surface area contributed by atoms with Crippen molar-refractivity contribution in [3.8, 4) is 11.6 Å². The first-order valence-electron chi connectivity index (χ1n) is 7.97. The van der Waals surface area contributed by atoms with Gasteiger partial charge in [0.1, 0.15) is 5.56 Å². The van der Waals surface area contributed by atoms with Gasteiger partial charge >= 0.3 is 5.69 Å². The van der Waals surface area contributed by atoms with Crippen LogP contribution in [-0.4, -0.2) is 20.9 Å². The highest BCUT2D eigenvalue weighted by molar-refractivity contribution is 5.81. The van der Waals surface area contributed by atoms with Crippen molar-refractivity contribution >= 4 is 18.0 Å². The van der Waals surface area contributed by atoms with Crippen molar-refractivity contribution in [2.45, 2.75) is 6.92 Å². The van der Waals surface area contributed by atoms with Crippen LogP contribution in [0.2, 0.25) is 0 Å². The molecule has 2 N–H and O–H groups in total. The zero-order valence-corrected chi connectivity index (χ0v) is 14.1. The highest BCUT2D eigenvalue weighted by Crippen LogP contribution is 2.18. The minimum Gasteiger partial charge on any atom is -0.494 e. The molecule has 0 aliphatic heterocycles. The van der Waals surface area contributed by atoms with E-state index in [1.807, 2.05) is 43.3 Å². The number of rotatable bonds is 4. The van der Waals surface area contributed by atoms with Crippen molar-refractivity contribution in [3.63, 3.8) is 0 Å². The fraction of sp³-hybridized carbons (Fsp3) is 0.0500. The van der Waals surface area contributed by atoms with Gasteiger partial charge in [-0.1, -0.05) is 30.3 Å². The van der Waals surface area contributed by atoms with E-state index in [4.69, 9.17) is 0 Å². The minimum atomic E-state index is -0.701. The molecule has 130 valence electrons. The van der Waals surface area contributed by atoms with Gasteiger partial charge < -0.3 is 5.11 Å². The summed E-state index contributed by atoms with van der Waals surface area (Å²) in [6.07, 6.45) is 4.45. The van der Waals surface area contributed by atoms with Crippen LogP contribution in [0.15, 0.2) is 75.3 Å². The van der Waals surface area contributed by atoms with E-state index in [-0.39, 0.29) is 5.56 Å². The molecule has 0 saturated heterocycles. The molecule has 3 aromatic rings. The number of aromatic nitrogens is 2. The van der Waals surface area contributed by atoms with Crippen molar-refractivity contribution in [2.24, 2.45) is 4.99 Å². The number of aliphatic imine (C=N–C) groups is 1. The number of nitrogens with zero attached hydrogens (tertiary/aromatic N) is 2. The fourth-order valence-electron chi connectivity index (χ4n) is 2.48. The Bertz CT molecular complexity index is 1090. The molecule has 6 nitrogen and oxygen atoms in total. The average molecular weight is 347 g/mol. The third kappa shape index (κ3) is 3.70. The Labute approximate surface area is 149 Å². The number of para-hydroxylation sites is 1. The van der Waals surface area contributed by atoms with Crippen molar-refractivity contribution in [1.82, 2.24) is 9.55 Å². The second-order valence-electron chi connectivity index (χ2n) is 5.64. The predicted molar refractivity (Wildman–Crippen MR) is 103 cm³/mol. The summed E-state index contributed by atoms with van der Waals surface area (Å²) in [6.45, 7) is 1.87. The molecule has 0 radical (unpaired) electrons. The zero-order chi connectivity index (χ0) is 18.5. The van der Waals surface area contributed by atoms with Crippen LogP contribution in [0.25, 0.3) is 11.8 Å². The molecule has 0 unspecified atom stereocenters.